The van der Waals surface area contributed by atoms with Gasteiger partial charge in [0.15, 0.2) is 5.82 Å². The van der Waals surface area contributed by atoms with Gasteiger partial charge in [0.2, 0.25) is 5.95 Å². The van der Waals surface area contributed by atoms with Crippen LogP contribution < -0.4 is 16.6 Å². The summed E-state index contributed by atoms with van der Waals surface area (Å²) in [5.74, 6) is -0.0765. The molecule has 1 aliphatic carbocycles. The second-order valence-electron chi connectivity index (χ2n) is 16.8. The second kappa shape index (κ2) is 14.4. The molecule has 6 heterocycles. The van der Waals surface area contributed by atoms with E-state index in [1.54, 1.807) is 30.9 Å². The van der Waals surface area contributed by atoms with E-state index in [2.05, 4.69) is 57.8 Å². The standard InChI is InChI=1S/C45H46FN9O5/c1-25-17-33(18-26(2)39(25)46)54-40(56)34-10-14-53(24-35(34)49-43(54)47-13-9-28-5-7-36-32(19-28)23-48-52(36)4)41(57)38-21-31-20-30(29-11-15-59-16-12-29)6-8-37(31)55(38)45(22-27(45)3)42-50-44(58)60-51-42/h5-8,17-21,23,27,29H,9-16,22,24H2,1-4H3,(H,47,49)(H,50,51,58)/t27-,45+/m1/s1. The first kappa shape index (κ1) is 37.9. The zero-order valence-electron chi connectivity index (χ0n) is 34.0. The molecule has 0 spiro atoms. The molecule has 4 aromatic heterocycles. The monoisotopic (exact) mass is 811 g/mol. The Hall–Kier alpha value is -6.35. The third-order valence-corrected chi connectivity index (χ3v) is 13.0. The first-order chi connectivity index (χ1) is 29.0. The molecular weight excluding hydrogens is 766 g/mol. The molecule has 2 N–H and O–H groups in total. The van der Waals surface area contributed by atoms with E-state index in [1.807, 2.05) is 34.6 Å². The van der Waals surface area contributed by atoms with Gasteiger partial charge in [0.05, 0.1) is 29.6 Å². The maximum absolute atomic E-state index is 15.0. The number of anilines is 1. The van der Waals surface area contributed by atoms with Crippen LogP contribution in [-0.4, -0.2) is 71.1 Å². The van der Waals surface area contributed by atoms with Crippen LogP contribution in [0.1, 0.15) is 81.9 Å². The van der Waals surface area contributed by atoms with Gasteiger partial charge in [0.25, 0.3) is 11.5 Å². The number of carbonyl (C=O) groups is 1. The number of aryl methyl sites for hydroxylation is 3. The number of ether oxygens (including phenoxy) is 1. The van der Waals surface area contributed by atoms with Crippen molar-refractivity contribution in [2.24, 2.45) is 13.0 Å². The average Bonchev–Trinajstić information content (AvgIpc) is 3.56. The Balaban J connectivity index is 1.02. The Morgan fingerprint density at radius 1 is 1.02 bits per heavy atom. The van der Waals surface area contributed by atoms with Crippen molar-refractivity contribution in [1.29, 1.82) is 0 Å². The van der Waals surface area contributed by atoms with Gasteiger partial charge < -0.3 is 19.5 Å². The SMILES string of the molecule is Cc1cc(-n2c(NCCc3ccc4c(cnn4C)c3)nc3c(c2=O)CCN(C(=O)c2cc4cc(C5CCOCC5)ccc4n2[C@@]2(c4noc(=O)[nH]4)C[C@H]2C)C3)cc(C)c1F. The predicted molar refractivity (Wildman–Crippen MR) is 223 cm³/mol. The summed E-state index contributed by atoms with van der Waals surface area (Å²) in [6.07, 6.45) is 5.27. The number of H-pyrrole nitrogens is 1. The fraction of sp³-hybridized carbons (Fsp3) is 0.378. The highest BCUT2D eigenvalue weighted by Gasteiger charge is 2.59. The molecule has 0 bridgehead atoms. The average molecular weight is 812 g/mol. The van der Waals surface area contributed by atoms with E-state index < -0.39 is 11.3 Å². The van der Waals surface area contributed by atoms with Gasteiger partial charge in [-0.3, -0.25) is 23.8 Å². The van der Waals surface area contributed by atoms with Crippen molar-refractivity contribution in [3.63, 3.8) is 0 Å². The first-order valence-electron chi connectivity index (χ1n) is 20.7. The zero-order valence-corrected chi connectivity index (χ0v) is 34.0. The van der Waals surface area contributed by atoms with Crippen LogP contribution in [0.4, 0.5) is 10.3 Å². The third-order valence-electron chi connectivity index (χ3n) is 13.0. The molecule has 60 heavy (non-hydrogen) atoms. The van der Waals surface area contributed by atoms with Gasteiger partial charge in [-0.05, 0) is 123 Å². The molecule has 308 valence electrons. The second-order valence-corrected chi connectivity index (χ2v) is 16.8. The lowest BCUT2D eigenvalue weighted by atomic mass is 9.91. The normalized spacial score (nSPS) is 19.3. The minimum Gasteiger partial charge on any atom is -0.381 e. The highest BCUT2D eigenvalue weighted by atomic mass is 19.1. The van der Waals surface area contributed by atoms with E-state index in [0.29, 0.717) is 84.1 Å². The van der Waals surface area contributed by atoms with Crippen LogP contribution >= 0.6 is 0 Å². The predicted octanol–water partition coefficient (Wildman–Crippen LogP) is 6.04. The zero-order chi connectivity index (χ0) is 41.4. The Bertz CT molecular complexity index is 2950. The van der Waals surface area contributed by atoms with E-state index in [1.165, 1.54) is 10.1 Å². The highest BCUT2D eigenvalue weighted by molar-refractivity contribution is 5.99. The molecule has 3 aromatic carbocycles. The number of fused-ring (bicyclic) bond motifs is 3. The van der Waals surface area contributed by atoms with Gasteiger partial charge in [-0.25, -0.2) is 18.7 Å². The van der Waals surface area contributed by atoms with Gasteiger partial charge in [0.1, 0.15) is 17.1 Å². The van der Waals surface area contributed by atoms with E-state index >= 15 is 0 Å². The summed E-state index contributed by atoms with van der Waals surface area (Å²) >= 11 is 0. The molecule has 0 radical (unpaired) electrons. The van der Waals surface area contributed by atoms with Crippen LogP contribution in [0.3, 0.4) is 0 Å². The van der Waals surface area contributed by atoms with E-state index in [0.717, 1.165) is 40.2 Å². The molecule has 1 saturated carbocycles. The minimum atomic E-state index is -0.789. The van der Waals surface area contributed by atoms with Crippen molar-refractivity contribution < 1.29 is 18.4 Å². The summed E-state index contributed by atoms with van der Waals surface area (Å²) in [5, 5.41) is 13.9. The number of hydrogen-bond acceptors (Lipinski definition) is 9. The number of aromatic nitrogens is 7. The maximum atomic E-state index is 15.0. The molecule has 2 aliphatic heterocycles. The topological polar surface area (TPSA) is 158 Å². The Morgan fingerprint density at radius 2 is 1.78 bits per heavy atom. The van der Waals surface area contributed by atoms with Crippen LogP contribution in [0.25, 0.3) is 27.5 Å². The number of amides is 1. The molecule has 2 fully saturated rings. The number of halogens is 1. The quantitative estimate of drug-likeness (QED) is 0.178. The third kappa shape index (κ3) is 6.25. The molecule has 0 unspecified atom stereocenters. The summed E-state index contributed by atoms with van der Waals surface area (Å²) in [6, 6.07) is 17.9. The van der Waals surface area contributed by atoms with Gasteiger partial charge >= 0.3 is 5.76 Å². The number of carbonyl (C=O) groups excluding carboxylic acids is 1. The lowest BCUT2D eigenvalue weighted by Gasteiger charge is -2.30. The van der Waals surface area contributed by atoms with Crippen molar-refractivity contribution in [2.75, 3.05) is 31.6 Å². The molecule has 1 amide bonds. The number of rotatable bonds is 9. The Labute approximate surface area is 344 Å². The van der Waals surface area contributed by atoms with E-state index in [9.17, 15) is 18.8 Å². The van der Waals surface area contributed by atoms with Crippen LogP contribution in [0.2, 0.25) is 0 Å². The van der Waals surface area contributed by atoms with Crippen LogP contribution in [0.5, 0.6) is 0 Å². The molecule has 3 aliphatic rings. The van der Waals surface area contributed by atoms with Gasteiger partial charge in [-0.15, -0.1) is 0 Å². The Kier molecular flexibility index (Phi) is 9.11. The largest absolute Gasteiger partial charge is 0.438 e. The van der Waals surface area contributed by atoms with Gasteiger partial charge in [0, 0.05) is 55.2 Å². The molecule has 1 saturated heterocycles. The number of nitrogens with zero attached hydrogens (tertiary/aromatic N) is 7. The number of nitrogens with one attached hydrogen (secondary N) is 2. The number of hydrogen-bond donors (Lipinski definition) is 2. The summed E-state index contributed by atoms with van der Waals surface area (Å²) < 4.78 is 30.9. The van der Waals surface area contributed by atoms with Crippen LogP contribution in [0, 0.1) is 25.6 Å². The Morgan fingerprint density at radius 3 is 2.52 bits per heavy atom. The number of benzene rings is 3. The first-order valence-corrected chi connectivity index (χ1v) is 20.7. The fourth-order valence-corrected chi connectivity index (χ4v) is 9.60. The molecule has 10 rings (SSSR count). The summed E-state index contributed by atoms with van der Waals surface area (Å²) in [4.78, 5) is 51.4. The van der Waals surface area contributed by atoms with Crippen LogP contribution in [-0.2, 0) is 36.7 Å². The van der Waals surface area contributed by atoms with Crippen molar-refractivity contribution >= 4 is 33.7 Å². The van der Waals surface area contributed by atoms with Gasteiger partial charge in [-0.2, -0.15) is 5.10 Å². The molecular formula is C45H46FN9O5. The lowest BCUT2D eigenvalue weighted by molar-refractivity contribution is 0.0717. The molecule has 7 aromatic rings. The van der Waals surface area contributed by atoms with Crippen molar-refractivity contribution in [1.82, 2.24) is 38.9 Å². The van der Waals surface area contributed by atoms with E-state index in [-0.39, 0.29) is 42.7 Å². The van der Waals surface area contributed by atoms with Gasteiger partial charge in [-0.1, -0.05) is 24.2 Å². The molecule has 2 atom stereocenters. The summed E-state index contributed by atoms with van der Waals surface area (Å²) in [6.45, 7) is 7.72. The number of aromatic amines is 1. The maximum Gasteiger partial charge on any atom is 0.438 e. The van der Waals surface area contributed by atoms with Crippen molar-refractivity contribution in [2.45, 2.75) is 70.9 Å². The minimum absolute atomic E-state index is 0.0522. The smallest absolute Gasteiger partial charge is 0.381 e. The highest BCUT2D eigenvalue weighted by Crippen LogP contribution is 2.56. The van der Waals surface area contributed by atoms with Crippen molar-refractivity contribution in [3.05, 3.63) is 133 Å². The van der Waals surface area contributed by atoms with Crippen molar-refractivity contribution in [3.8, 4) is 5.69 Å². The summed E-state index contributed by atoms with van der Waals surface area (Å²) in [5.41, 5.74) is 5.99. The fourth-order valence-electron chi connectivity index (χ4n) is 9.60. The lowest BCUT2D eigenvalue weighted by Crippen LogP contribution is -2.42. The molecule has 15 heteroatoms. The summed E-state index contributed by atoms with van der Waals surface area (Å²) in [7, 11) is 1.91. The molecule has 14 nitrogen and oxygen atoms in total. The van der Waals surface area contributed by atoms with E-state index in [4.69, 9.17) is 14.2 Å². The van der Waals surface area contributed by atoms with Crippen LogP contribution in [0.15, 0.2) is 74.9 Å².